The lowest BCUT2D eigenvalue weighted by Gasteiger charge is -2.07. The van der Waals surface area contributed by atoms with E-state index in [1.807, 2.05) is 0 Å². The lowest BCUT2D eigenvalue weighted by Crippen LogP contribution is -2.33. The Balaban J connectivity index is 1.83. The number of carbonyl (C=O) groups is 1. The van der Waals surface area contributed by atoms with Crippen LogP contribution >= 0.6 is 11.6 Å². The Morgan fingerprint density at radius 2 is 1.77 bits per heavy atom. The average Bonchev–Trinajstić information content (AvgIpc) is 3.00. The Bertz CT molecular complexity index is 1140. The molecule has 12 heteroatoms. The maximum Gasteiger partial charge on any atom is 0.452 e. The molecule has 0 bridgehead atoms. The highest BCUT2D eigenvalue weighted by atomic mass is 35.5. The number of hydrogen-bond acceptors (Lipinski definition) is 3. The Kier molecular flexibility index (Phi) is 5.92. The zero-order valence-corrected chi connectivity index (χ0v) is 15.6. The van der Waals surface area contributed by atoms with Crippen LogP contribution in [0.3, 0.4) is 0 Å². The third-order valence-electron chi connectivity index (χ3n) is 3.94. The van der Waals surface area contributed by atoms with Crippen LogP contribution in [0.1, 0.15) is 11.4 Å². The second-order valence-corrected chi connectivity index (χ2v) is 6.51. The van der Waals surface area contributed by atoms with E-state index in [2.05, 4.69) is 10.4 Å². The van der Waals surface area contributed by atoms with E-state index in [1.54, 1.807) is 0 Å². The Morgan fingerprint density at radius 3 is 2.37 bits per heavy atom. The number of benzene rings is 2. The third kappa shape index (κ3) is 4.67. The molecule has 1 heterocycles. The molecular weight excluding hydrogens is 435 g/mol. The van der Waals surface area contributed by atoms with Crippen LogP contribution in [0.25, 0.3) is 5.69 Å². The van der Waals surface area contributed by atoms with Gasteiger partial charge in [-0.05, 0) is 42.0 Å². The minimum absolute atomic E-state index is 0.109. The van der Waals surface area contributed by atoms with Crippen LogP contribution in [-0.4, -0.2) is 20.3 Å². The number of nitrogens with one attached hydrogen (secondary N) is 1. The quantitative estimate of drug-likeness (QED) is 0.611. The summed E-state index contributed by atoms with van der Waals surface area (Å²) in [6.45, 7) is -0.960. The van der Waals surface area contributed by atoms with Crippen molar-refractivity contribution in [1.82, 2.24) is 19.7 Å². The second kappa shape index (κ2) is 8.27. The molecule has 0 aliphatic rings. The maximum atomic E-state index is 13.4. The Labute approximate surface area is 170 Å². The lowest BCUT2D eigenvalue weighted by atomic mass is 10.2. The number of hydrogen-bond donors (Lipinski definition) is 1. The van der Waals surface area contributed by atoms with E-state index in [0.29, 0.717) is 10.2 Å². The van der Waals surface area contributed by atoms with Crippen molar-refractivity contribution in [2.45, 2.75) is 19.3 Å². The molecular formula is C18H12ClF5N4O2. The molecule has 30 heavy (non-hydrogen) atoms. The van der Waals surface area contributed by atoms with E-state index in [-0.39, 0.29) is 21.8 Å². The summed E-state index contributed by atoms with van der Waals surface area (Å²) >= 11 is 5.56. The van der Waals surface area contributed by atoms with Gasteiger partial charge in [-0.2, -0.15) is 13.2 Å². The normalized spacial score (nSPS) is 11.5. The molecule has 0 radical (unpaired) electrons. The van der Waals surface area contributed by atoms with Crippen molar-refractivity contribution in [1.29, 1.82) is 0 Å². The topological polar surface area (TPSA) is 68.9 Å². The number of amides is 1. The van der Waals surface area contributed by atoms with Crippen LogP contribution in [0.15, 0.2) is 47.3 Å². The van der Waals surface area contributed by atoms with E-state index in [9.17, 15) is 31.5 Å². The number of nitrogens with zero attached hydrogens (tertiary/aromatic N) is 3. The molecule has 0 aliphatic heterocycles. The van der Waals surface area contributed by atoms with Crippen LogP contribution in [-0.2, 0) is 24.1 Å². The lowest BCUT2D eigenvalue weighted by molar-refractivity contribution is -0.146. The van der Waals surface area contributed by atoms with Crippen LogP contribution in [0, 0.1) is 11.6 Å². The number of halogens is 6. The SMILES string of the molecule is O=C(Cn1nc(C(F)(F)F)n(-c2ccc(F)cc2)c1=O)NCc1ccc(Cl)c(F)c1. The first-order valence-electron chi connectivity index (χ1n) is 8.30. The van der Waals surface area contributed by atoms with Gasteiger partial charge in [0.2, 0.25) is 11.7 Å². The smallest absolute Gasteiger partial charge is 0.350 e. The summed E-state index contributed by atoms with van der Waals surface area (Å²) in [5.41, 5.74) is -1.15. The first kappa shape index (κ1) is 21.5. The summed E-state index contributed by atoms with van der Waals surface area (Å²) < 4.78 is 67.0. The number of carbonyl (C=O) groups excluding carboxylic acids is 1. The summed E-state index contributed by atoms with van der Waals surface area (Å²) in [5, 5.41) is 5.45. The predicted octanol–water partition coefficient (Wildman–Crippen LogP) is 3.30. The zero-order chi connectivity index (χ0) is 22.1. The first-order chi connectivity index (χ1) is 14.1. The highest BCUT2D eigenvalue weighted by Gasteiger charge is 2.39. The molecule has 0 aliphatic carbocycles. The fourth-order valence-corrected chi connectivity index (χ4v) is 2.68. The minimum Gasteiger partial charge on any atom is -0.350 e. The van der Waals surface area contributed by atoms with Gasteiger partial charge in [0.1, 0.15) is 18.2 Å². The summed E-state index contributed by atoms with van der Waals surface area (Å²) in [6.07, 6.45) is -5.00. The number of alkyl halides is 3. The highest BCUT2D eigenvalue weighted by molar-refractivity contribution is 6.30. The van der Waals surface area contributed by atoms with E-state index in [1.165, 1.54) is 12.1 Å². The predicted molar refractivity (Wildman–Crippen MR) is 96.0 cm³/mol. The van der Waals surface area contributed by atoms with Gasteiger partial charge in [0, 0.05) is 6.54 Å². The molecule has 0 atom stereocenters. The van der Waals surface area contributed by atoms with Crippen molar-refractivity contribution in [2.24, 2.45) is 0 Å². The van der Waals surface area contributed by atoms with Crippen LogP contribution in [0.4, 0.5) is 22.0 Å². The van der Waals surface area contributed by atoms with Gasteiger partial charge in [-0.3, -0.25) is 4.79 Å². The summed E-state index contributed by atoms with van der Waals surface area (Å²) in [6, 6.07) is 7.54. The van der Waals surface area contributed by atoms with E-state index >= 15 is 0 Å². The van der Waals surface area contributed by atoms with Crippen molar-refractivity contribution in [3.8, 4) is 5.69 Å². The molecule has 6 nitrogen and oxygen atoms in total. The fourth-order valence-electron chi connectivity index (χ4n) is 2.56. The summed E-state index contributed by atoms with van der Waals surface area (Å²) in [5.74, 6) is -3.80. The molecule has 0 saturated carbocycles. The van der Waals surface area contributed by atoms with E-state index in [0.717, 1.165) is 30.3 Å². The van der Waals surface area contributed by atoms with Gasteiger partial charge in [0.25, 0.3) is 0 Å². The number of aromatic nitrogens is 3. The van der Waals surface area contributed by atoms with E-state index in [4.69, 9.17) is 11.6 Å². The van der Waals surface area contributed by atoms with Crippen molar-refractivity contribution in [3.63, 3.8) is 0 Å². The number of rotatable bonds is 5. The molecule has 1 amide bonds. The molecule has 3 rings (SSSR count). The van der Waals surface area contributed by atoms with Gasteiger partial charge in [0.05, 0.1) is 10.7 Å². The minimum atomic E-state index is -5.00. The molecule has 0 saturated heterocycles. The van der Waals surface area contributed by atoms with Crippen molar-refractivity contribution in [3.05, 3.63) is 81.0 Å². The monoisotopic (exact) mass is 446 g/mol. The van der Waals surface area contributed by atoms with E-state index < -0.39 is 41.8 Å². The highest BCUT2D eigenvalue weighted by Crippen LogP contribution is 2.28. The maximum absolute atomic E-state index is 13.4. The van der Waals surface area contributed by atoms with Gasteiger partial charge in [-0.15, -0.1) is 5.10 Å². The standard InChI is InChI=1S/C18H12ClF5N4O2/c19-13-6-1-10(7-14(13)21)8-25-15(29)9-27-17(30)28(16(26-27)18(22,23)24)12-4-2-11(20)3-5-12/h1-7H,8-9H2,(H,25,29). The Morgan fingerprint density at radius 1 is 1.10 bits per heavy atom. The van der Waals surface area contributed by atoms with Crippen molar-refractivity contribution < 1.29 is 26.7 Å². The molecule has 0 unspecified atom stereocenters. The molecule has 1 N–H and O–H groups in total. The van der Waals surface area contributed by atoms with Gasteiger partial charge in [-0.25, -0.2) is 22.8 Å². The largest absolute Gasteiger partial charge is 0.452 e. The van der Waals surface area contributed by atoms with Crippen molar-refractivity contribution >= 4 is 17.5 Å². The molecule has 0 fully saturated rings. The first-order valence-corrected chi connectivity index (χ1v) is 8.67. The van der Waals surface area contributed by atoms with Gasteiger partial charge < -0.3 is 5.32 Å². The average molecular weight is 447 g/mol. The summed E-state index contributed by atoms with van der Waals surface area (Å²) in [4.78, 5) is 24.5. The van der Waals surface area contributed by atoms with Crippen molar-refractivity contribution in [2.75, 3.05) is 0 Å². The van der Waals surface area contributed by atoms with Crippen LogP contribution in [0.5, 0.6) is 0 Å². The molecule has 1 aromatic heterocycles. The van der Waals surface area contributed by atoms with Gasteiger partial charge in [-0.1, -0.05) is 17.7 Å². The van der Waals surface area contributed by atoms with Gasteiger partial charge >= 0.3 is 11.9 Å². The third-order valence-corrected chi connectivity index (χ3v) is 4.25. The van der Waals surface area contributed by atoms with Gasteiger partial charge in [0.15, 0.2) is 0 Å². The molecule has 0 spiro atoms. The molecule has 158 valence electrons. The Hall–Kier alpha value is -3.21. The fraction of sp³-hybridized carbons (Fsp3) is 0.167. The second-order valence-electron chi connectivity index (χ2n) is 6.10. The molecule has 3 aromatic rings. The van der Waals surface area contributed by atoms with Crippen LogP contribution < -0.4 is 11.0 Å². The zero-order valence-electron chi connectivity index (χ0n) is 14.9. The summed E-state index contributed by atoms with van der Waals surface area (Å²) in [7, 11) is 0. The van der Waals surface area contributed by atoms with Crippen LogP contribution in [0.2, 0.25) is 5.02 Å². The molecule has 2 aromatic carbocycles.